The summed E-state index contributed by atoms with van der Waals surface area (Å²) in [5.41, 5.74) is -0.270. The topological polar surface area (TPSA) is 49.4 Å². The van der Waals surface area contributed by atoms with Gasteiger partial charge in [-0.25, -0.2) is 0 Å². The number of hydrogen-bond donors (Lipinski definition) is 1. The fourth-order valence-electron chi connectivity index (χ4n) is 2.16. The van der Waals surface area contributed by atoms with Crippen molar-refractivity contribution in [3.63, 3.8) is 0 Å². The van der Waals surface area contributed by atoms with Crippen LogP contribution in [0.25, 0.3) is 0 Å². The average molecular weight is 264 g/mol. The molecular weight excluding hydrogens is 240 g/mol. The van der Waals surface area contributed by atoms with Crippen molar-refractivity contribution in [1.82, 2.24) is 10.2 Å². The van der Waals surface area contributed by atoms with Gasteiger partial charge in [0.25, 0.3) is 0 Å². The number of unbranched alkanes of at least 4 members (excludes halogenated alkanes) is 2. The van der Waals surface area contributed by atoms with Crippen LogP contribution < -0.4 is 5.32 Å². The number of hydrogen-bond acceptors (Lipinski definition) is 2. The van der Waals surface area contributed by atoms with Crippen molar-refractivity contribution in [1.29, 1.82) is 0 Å². The molecule has 0 aromatic rings. The lowest BCUT2D eigenvalue weighted by molar-refractivity contribution is -0.136. The number of rotatable bonds is 4. The molecule has 0 spiro atoms. The normalized spacial score (nSPS) is 20.7. The third-order valence-electron chi connectivity index (χ3n) is 3.34. The first-order chi connectivity index (χ1) is 8.86. The fraction of sp³-hybridized carbons (Fsp3) is 0.733. The Morgan fingerprint density at radius 1 is 1.37 bits per heavy atom. The predicted octanol–water partition coefficient (Wildman–Crippen LogP) is 1.55. The van der Waals surface area contributed by atoms with E-state index in [2.05, 4.69) is 11.2 Å². The minimum Gasteiger partial charge on any atom is -0.344 e. The van der Waals surface area contributed by atoms with Gasteiger partial charge in [-0.2, -0.15) is 0 Å². The number of nitrogens with one attached hydrogen (secondary N) is 1. The lowest BCUT2D eigenvalue weighted by atomic mass is 9.86. The maximum Gasteiger partial charge on any atom is 0.245 e. The molecule has 1 rings (SSSR count). The second-order valence-electron chi connectivity index (χ2n) is 6.10. The van der Waals surface area contributed by atoms with Crippen molar-refractivity contribution in [2.45, 2.75) is 52.5 Å². The number of carbonyl (C=O) groups is 2. The second kappa shape index (κ2) is 6.60. The number of carbonyl (C=O) groups excluding carboxylic acids is 2. The molecule has 0 aromatic heterocycles. The van der Waals surface area contributed by atoms with Gasteiger partial charge in [-0.15, -0.1) is 12.3 Å². The molecule has 0 aromatic carbocycles. The smallest absolute Gasteiger partial charge is 0.245 e. The molecular formula is C15H24N2O2. The van der Waals surface area contributed by atoms with Crippen molar-refractivity contribution in [2.24, 2.45) is 5.41 Å². The number of terminal acetylenes is 1. The van der Waals surface area contributed by atoms with E-state index in [0.29, 0.717) is 19.5 Å². The summed E-state index contributed by atoms with van der Waals surface area (Å²) in [6.07, 6.45) is 8.14. The zero-order chi connectivity index (χ0) is 14.5. The minimum absolute atomic E-state index is 0.0269. The zero-order valence-electron chi connectivity index (χ0n) is 12.2. The van der Waals surface area contributed by atoms with Gasteiger partial charge < -0.3 is 10.2 Å². The molecule has 1 N–H and O–H groups in total. The van der Waals surface area contributed by atoms with Gasteiger partial charge in [-0.3, -0.25) is 9.59 Å². The molecule has 4 nitrogen and oxygen atoms in total. The highest BCUT2D eigenvalue weighted by atomic mass is 16.2. The SMILES string of the molecule is C#CCCCCN1CCC(=O)NC(C(C)(C)C)C1=O. The Kier molecular flexibility index (Phi) is 5.41. The summed E-state index contributed by atoms with van der Waals surface area (Å²) in [6, 6.07) is -0.435. The van der Waals surface area contributed by atoms with Crippen LogP contribution in [-0.4, -0.2) is 35.8 Å². The first kappa shape index (κ1) is 15.6. The highest BCUT2D eigenvalue weighted by Crippen LogP contribution is 2.23. The van der Waals surface area contributed by atoms with E-state index >= 15 is 0 Å². The molecule has 0 radical (unpaired) electrons. The Morgan fingerprint density at radius 3 is 2.63 bits per heavy atom. The van der Waals surface area contributed by atoms with Crippen molar-refractivity contribution in [2.75, 3.05) is 13.1 Å². The largest absolute Gasteiger partial charge is 0.344 e. The van der Waals surface area contributed by atoms with Crippen molar-refractivity contribution in [3.05, 3.63) is 0 Å². The molecule has 1 aliphatic rings. The third kappa shape index (κ3) is 4.59. The van der Waals surface area contributed by atoms with Gasteiger partial charge in [0.15, 0.2) is 0 Å². The Bertz CT molecular complexity index is 377. The maximum atomic E-state index is 12.5. The molecule has 0 saturated carbocycles. The van der Waals surface area contributed by atoms with Crippen LogP contribution in [0.15, 0.2) is 0 Å². The van der Waals surface area contributed by atoms with E-state index in [1.54, 1.807) is 4.90 Å². The van der Waals surface area contributed by atoms with Gasteiger partial charge in [-0.1, -0.05) is 20.8 Å². The Labute approximate surface area is 115 Å². The first-order valence-corrected chi connectivity index (χ1v) is 6.88. The third-order valence-corrected chi connectivity index (χ3v) is 3.34. The van der Waals surface area contributed by atoms with E-state index in [-0.39, 0.29) is 17.2 Å². The molecule has 1 aliphatic heterocycles. The average Bonchev–Trinajstić information content (AvgIpc) is 2.46. The monoisotopic (exact) mass is 264 g/mol. The van der Waals surface area contributed by atoms with Crippen LogP contribution in [0.4, 0.5) is 0 Å². The summed E-state index contributed by atoms with van der Waals surface area (Å²) in [6.45, 7) is 7.10. The van der Waals surface area contributed by atoms with Crippen molar-refractivity contribution in [3.8, 4) is 12.3 Å². The summed E-state index contributed by atoms with van der Waals surface area (Å²) in [5.74, 6) is 2.58. The summed E-state index contributed by atoms with van der Waals surface area (Å²) >= 11 is 0. The molecule has 1 saturated heterocycles. The van der Waals surface area contributed by atoms with Crippen LogP contribution in [0.1, 0.15) is 46.5 Å². The standard InChI is InChI=1S/C15H24N2O2/c1-5-6-7-8-10-17-11-9-12(18)16-13(14(17)19)15(2,3)4/h1,13H,6-11H2,2-4H3,(H,16,18). The van der Waals surface area contributed by atoms with E-state index in [1.165, 1.54) is 0 Å². The van der Waals surface area contributed by atoms with Gasteiger partial charge in [0.1, 0.15) is 6.04 Å². The quantitative estimate of drug-likeness (QED) is 0.619. The van der Waals surface area contributed by atoms with E-state index in [1.807, 2.05) is 20.8 Å². The van der Waals surface area contributed by atoms with E-state index in [0.717, 1.165) is 19.3 Å². The van der Waals surface area contributed by atoms with Crippen LogP contribution >= 0.6 is 0 Å². The highest BCUT2D eigenvalue weighted by molar-refractivity contribution is 5.90. The molecule has 4 heteroatoms. The van der Waals surface area contributed by atoms with Gasteiger partial charge in [0, 0.05) is 25.9 Å². The summed E-state index contributed by atoms with van der Waals surface area (Å²) in [4.78, 5) is 26.0. The zero-order valence-corrected chi connectivity index (χ0v) is 12.2. The minimum atomic E-state index is -0.435. The molecule has 2 amide bonds. The first-order valence-electron chi connectivity index (χ1n) is 6.88. The summed E-state index contributed by atoms with van der Waals surface area (Å²) < 4.78 is 0. The molecule has 0 aliphatic carbocycles. The molecule has 1 fully saturated rings. The predicted molar refractivity (Wildman–Crippen MR) is 75.3 cm³/mol. The fourth-order valence-corrected chi connectivity index (χ4v) is 2.16. The van der Waals surface area contributed by atoms with Crippen LogP contribution in [-0.2, 0) is 9.59 Å². The van der Waals surface area contributed by atoms with Gasteiger partial charge in [0.2, 0.25) is 11.8 Å². The van der Waals surface area contributed by atoms with Crippen LogP contribution in [0, 0.1) is 17.8 Å². The second-order valence-corrected chi connectivity index (χ2v) is 6.10. The van der Waals surface area contributed by atoms with Gasteiger partial charge in [0.05, 0.1) is 0 Å². The Balaban J connectivity index is 2.68. The van der Waals surface area contributed by atoms with Gasteiger partial charge >= 0.3 is 0 Å². The van der Waals surface area contributed by atoms with E-state index < -0.39 is 6.04 Å². The molecule has 1 atom stereocenters. The summed E-state index contributed by atoms with van der Waals surface area (Å²) in [7, 11) is 0. The van der Waals surface area contributed by atoms with Crippen molar-refractivity contribution < 1.29 is 9.59 Å². The lowest BCUT2D eigenvalue weighted by Gasteiger charge is -2.32. The van der Waals surface area contributed by atoms with Gasteiger partial charge in [-0.05, 0) is 18.3 Å². The Hall–Kier alpha value is -1.50. The maximum absolute atomic E-state index is 12.5. The van der Waals surface area contributed by atoms with Crippen molar-refractivity contribution >= 4 is 11.8 Å². The molecule has 106 valence electrons. The Morgan fingerprint density at radius 2 is 2.05 bits per heavy atom. The van der Waals surface area contributed by atoms with Crippen LogP contribution in [0.2, 0.25) is 0 Å². The van der Waals surface area contributed by atoms with Crippen LogP contribution in [0.5, 0.6) is 0 Å². The number of nitrogens with zero attached hydrogens (tertiary/aromatic N) is 1. The highest BCUT2D eigenvalue weighted by Gasteiger charge is 2.37. The molecule has 1 unspecified atom stereocenters. The van der Waals surface area contributed by atoms with E-state index in [9.17, 15) is 9.59 Å². The number of amides is 2. The van der Waals surface area contributed by atoms with Crippen LogP contribution in [0.3, 0.4) is 0 Å². The molecule has 19 heavy (non-hydrogen) atoms. The molecule has 1 heterocycles. The summed E-state index contributed by atoms with van der Waals surface area (Å²) in [5, 5.41) is 2.84. The lowest BCUT2D eigenvalue weighted by Crippen LogP contribution is -2.52. The van der Waals surface area contributed by atoms with E-state index in [4.69, 9.17) is 6.42 Å². The molecule has 0 bridgehead atoms.